The number of benzene rings is 1. The van der Waals surface area contributed by atoms with Gasteiger partial charge in [0.2, 0.25) is 0 Å². The highest BCUT2D eigenvalue weighted by molar-refractivity contribution is 5.82. The van der Waals surface area contributed by atoms with Gasteiger partial charge in [-0.1, -0.05) is 6.07 Å². The summed E-state index contributed by atoms with van der Waals surface area (Å²) in [6.45, 7) is -0.111. The molecular formula is C16H14N4O3. The quantitative estimate of drug-likeness (QED) is 0.633. The van der Waals surface area contributed by atoms with E-state index in [1.807, 2.05) is 6.07 Å². The van der Waals surface area contributed by atoms with E-state index in [9.17, 15) is 9.59 Å². The fourth-order valence-corrected chi connectivity index (χ4v) is 1.73. The van der Waals surface area contributed by atoms with Crippen LogP contribution in [0, 0.1) is 11.3 Å². The summed E-state index contributed by atoms with van der Waals surface area (Å²) in [7, 11) is 0. The molecule has 1 heterocycles. The normalized spacial score (nSPS) is 10.2. The van der Waals surface area contributed by atoms with E-state index in [1.54, 1.807) is 36.4 Å². The second-order valence-electron chi connectivity index (χ2n) is 4.48. The molecule has 0 atom stereocenters. The Morgan fingerprint density at radius 3 is 2.78 bits per heavy atom. The van der Waals surface area contributed by atoms with Crippen LogP contribution < -0.4 is 15.7 Å². The third kappa shape index (κ3) is 5.13. The highest BCUT2D eigenvalue weighted by atomic mass is 16.5. The van der Waals surface area contributed by atoms with Crippen molar-refractivity contribution < 1.29 is 9.53 Å². The molecule has 0 radical (unpaired) electrons. The van der Waals surface area contributed by atoms with Crippen molar-refractivity contribution >= 4 is 12.1 Å². The number of hydrogen-bond acceptors (Lipinski definition) is 5. The molecule has 0 saturated heterocycles. The summed E-state index contributed by atoms with van der Waals surface area (Å²) in [5.74, 6) is 0.180. The van der Waals surface area contributed by atoms with Gasteiger partial charge < -0.3 is 9.30 Å². The van der Waals surface area contributed by atoms with Crippen LogP contribution in [0.2, 0.25) is 0 Å². The number of hydrazone groups is 1. The Morgan fingerprint density at radius 1 is 1.30 bits per heavy atom. The second kappa shape index (κ2) is 8.14. The van der Waals surface area contributed by atoms with E-state index in [-0.39, 0.29) is 18.7 Å². The highest BCUT2D eigenvalue weighted by Gasteiger charge is 2.01. The number of carbonyl (C=O) groups excluding carboxylic acids is 1. The van der Waals surface area contributed by atoms with E-state index in [1.165, 1.54) is 23.0 Å². The number of amides is 1. The summed E-state index contributed by atoms with van der Waals surface area (Å²) >= 11 is 0. The van der Waals surface area contributed by atoms with Gasteiger partial charge in [0, 0.05) is 12.3 Å². The number of nitrogens with zero attached hydrogens (tertiary/aromatic N) is 3. The van der Waals surface area contributed by atoms with E-state index in [0.717, 1.165) is 5.56 Å². The molecule has 0 spiro atoms. The molecule has 0 aliphatic rings. The summed E-state index contributed by atoms with van der Waals surface area (Å²) in [6, 6.07) is 13.4. The molecule has 116 valence electrons. The van der Waals surface area contributed by atoms with Crippen molar-refractivity contribution in [1.29, 1.82) is 5.26 Å². The summed E-state index contributed by atoms with van der Waals surface area (Å²) in [5, 5.41) is 12.2. The van der Waals surface area contributed by atoms with E-state index in [4.69, 9.17) is 10.00 Å². The lowest BCUT2D eigenvalue weighted by Crippen LogP contribution is -2.28. The zero-order valence-corrected chi connectivity index (χ0v) is 12.2. The van der Waals surface area contributed by atoms with Gasteiger partial charge in [-0.05, 0) is 35.9 Å². The Hall–Kier alpha value is -3.40. The number of hydrogen-bond donors (Lipinski definition) is 1. The molecule has 0 fully saturated rings. The second-order valence-corrected chi connectivity index (χ2v) is 4.48. The van der Waals surface area contributed by atoms with Crippen molar-refractivity contribution in [2.24, 2.45) is 5.10 Å². The van der Waals surface area contributed by atoms with Crippen LogP contribution in [-0.4, -0.2) is 23.3 Å². The molecule has 0 aliphatic heterocycles. The van der Waals surface area contributed by atoms with Gasteiger partial charge in [-0.2, -0.15) is 10.4 Å². The number of pyridine rings is 1. The minimum Gasteiger partial charge on any atom is -0.479 e. The summed E-state index contributed by atoms with van der Waals surface area (Å²) in [6.07, 6.45) is 3.01. The summed E-state index contributed by atoms with van der Waals surface area (Å²) < 4.78 is 6.41. The predicted octanol–water partition coefficient (Wildman–Crippen LogP) is 0.901. The molecule has 7 heteroatoms. The molecular weight excluding hydrogens is 296 g/mol. The van der Waals surface area contributed by atoms with Crippen molar-refractivity contribution in [3.63, 3.8) is 0 Å². The Bertz CT molecular complexity index is 788. The van der Waals surface area contributed by atoms with Crippen LogP contribution in [-0.2, 0) is 11.3 Å². The minimum atomic E-state index is -0.400. The predicted molar refractivity (Wildman–Crippen MR) is 84.0 cm³/mol. The van der Waals surface area contributed by atoms with Crippen LogP contribution in [0.4, 0.5) is 0 Å². The van der Waals surface area contributed by atoms with Gasteiger partial charge in [0.1, 0.15) is 18.4 Å². The molecule has 2 aromatic rings. The van der Waals surface area contributed by atoms with Crippen molar-refractivity contribution in [2.75, 3.05) is 6.61 Å². The first kappa shape index (κ1) is 16.0. The van der Waals surface area contributed by atoms with Gasteiger partial charge in [-0.15, -0.1) is 0 Å². The average Bonchev–Trinajstić information content (AvgIpc) is 2.56. The van der Waals surface area contributed by atoms with E-state index in [0.29, 0.717) is 5.75 Å². The van der Waals surface area contributed by atoms with E-state index < -0.39 is 5.91 Å². The molecule has 7 nitrogen and oxygen atoms in total. The average molecular weight is 310 g/mol. The fraction of sp³-hybridized carbons (Fsp3) is 0.125. The monoisotopic (exact) mass is 310 g/mol. The minimum absolute atomic E-state index is 0.0116. The third-order valence-electron chi connectivity index (χ3n) is 2.80. The fourth-order valence-electron chi connectivity index (χ4n) is 1.73. The van der Waals surface area contributed by atoms with Crippen LogP contribution in [0.5, 0.6) is 5.75 Å². The summed E-state index contributed by atoms with van der Waals surface area (Å²) in [4.78, 5) is 23.2. The SMILES string of the molecule is N#CCOc1ccc(/C=N\NC(=O)Cn2ccccc2=O)cc1. The lowest BCUT2D eigenvalue weighted by molar-refractivity contribution is -0.121. The zero-order valence-electron chi connectivity index (χ0n) is 12.2. The molecule has 0 aliphatic carbocycles. The maximum Gasteiger partial charge on any atom is 0.260 e. The number of rotatable bonds is 6. The van der Waals surface area contributed by atoms with Crippen molar-refractivity contribution in [2.45, 2.75) is 6.54 Å². The number of carbonyl (C=O) groups is 1. The van der Waals surface area contributed by atoms with E-state index in [2.05, 4.69) is 10.5 Å². The van der Waals surface area contributed by atoms with Gasteiger partial charge in [0.05, 0.1) is 6.21 Å². The largest absolute Gasteiger partial charge is 0.479 e. The molecule has 2 rings (SSSR count). The van der Waals surface area contributed by atoms with Crippen LogP contribution >= 0.6 is 0 Å². The van der Waals surface area contributed by atoms with Gasteiger partial charge in [-0.25, -0.2) is 5.43 Å². The van der Waals surface area contributed by atoms with Gasteiger partial charge >= 0.3 is 0 Å². The maximum atomic E-state index is 11.7. The van der Waals surface area contributed by atoms with Gasteiger partial charge in [0.15, 0.2) is 6.61 Å². The van der Waals surface area contributed by atoms with Crippen molar-refractivity contribution in [3.8, 4) is 11.8 Å². The topological polar surface area (TPSA) is 96.5 Å². The lowest BCUT2D eigenvalue weighted by atomic mass is 10.2. The molecule has 0 bridgehead atoms. The Labute approximate surface area is 132 Å². The molecule has 1 N–H and O–H groups in total. The molecule has 23 heavy (non-hydrogen) atoms. The highest BCUT2D eigenvalue weighted by Crippen LogP contribution is 2.10. The summed E-state index contributed by atoms with van der Waals surface area (Å²) in [5.41, 5.74) is 2.86. The van der Waals surface area contributed by atoms with Crippen LogP contribution in [0.3, 0.4) is 0 Å². The third-order valence-corrected chi connectivity index (χ3v) is 2.80. The smallest absolute Gasteiger partial charge is 0.260 e. The number of aromatic nitrogens is 1. The van der Waals surface area contributed by atoms with Crippen molar-refractivity contribution in [1.82, 2.24) is 9.99 Å². The Morgan fingerprint density at radius 2 is 2.09 bits per heavy atom. The molecule has 1 aromatic carbocycles. The maximum absolute atomic E-state index is 11.7. The first-order valence-corrected chi connectivity index (χ1v) is 6.76. The molecule has 0 saturated carbocycles. The Balaban J connectivity index is 1.86. The number of ether oxygens (including phenoxy) is 1. The zero-order chi connectivity index (χ0) is 16.5. The lowest BCUT2D eigenvalue weighted by Gasteiger charge is -2.03. The Kier molecular flexibility index (Phi) is 5.66. The van der Waals surface area contributed by atoms with Crippen molar-refractivity contribution in [3.05, 3.63) is 64.6 Å². The van der Waals surface area contributed by atoms with Crippen LogP contribution in [0.1, 0.15) is 5.56 Å². The van der Waals surface area contributed by atoms with Gasteiger partial charge in [0.25, 0.3) is 11.5 Å². The van der Waals surface area contributed by atoms with Crippen LogP contribution in [0.15, 0.2) is 58.6 Å². The standard InChI is InChI=1S/C16H14N4O3/c17-8-10-23-14-6-4-13(5-7-14)11-18-19-15(21)12-20-9-2-1-3-16(20)22/h1-7,9,11H,10,12H2,(H,19,21)/b18-11-. The van der Waals surface area contributed by atoms with Crippen LogP contribution in [0.25, 0.3) is 0 Å². The first-order chi connectivity index (χ1) is 11.2. The van der Waals surface area contributed by atoms with Gasteiger partial charge in [-0.3, -0.25) is 9.59 Å². The molecule has 0 unspecified atom stereocenters. The van der Waals surface area contributed by atoms with E-state index >= 15 is 0 Å². The number of nitrogens with one attached hydrogen (secondary N) is 1. The first-order valence-electron chi connectivity index (χ1n) is 6.76. The molecule has 1 aromatic heterocycles. The molecule has 1 amide bonds. The number of nitriles is 1.